The van der Waals surface area contributed by atoms with Crippen LogP contribution in [0.1, 0.15) is 16.9 Å². The number of thiazole rings is 1. The van der Waals surface area contributed by atoms with Gasteiger partial charge in [0, 0.05) is 24.5 Å². The lowest BCUT2D eigenvalue weighted by Gasteiger charge is -2.16. The summed E-state index contributed by atoms with van der Waals surface area (Å²) < 4.78 is 10.8. The maximum absolute atomic E-state index is 12.6. The number of carbonyl (C=O) groups excluding carboxylic acids is 1. The van der Waals surface area contributed by atoms with Gasteiger partial charge in [0.25, 0.3) is 5.91 Å². The van der Waals surface area contributed by atoms with E-state index in [1.165, 1.54) is 11.3 Å². The molecule has 2 aromatic carbocycles. The van der Waals surface area contributed by atoms with E-state index in [4.69, 9.17) is 9.47 Å². The lowest BCUT2D eigenvalue weighted by Crippen LogP contribution is -2.28. The molecule has 140 valence electrons. The first kappa shape index (κ1) is 18.9. The number of aromatic nitrogens is 1. The Labute approximate surface area is 163 Å². The van der Waals surface area contributed by atoms with Gasteiger partial charge in [0.15, 0.2) is 0 Å². The van der Waals surface area contributed by atoms with Crippen LogP contribution in [0.3, 0.4) is 0 Å². The molecule has 0 aliphatic heterocycles. The zero-order chi connectivity index (χ0) is 19.1. The van der Waals surface area contributed by atoms with Crippen molar-refractivity contribution in [2.24, 2.45) is 0 Å². The molecule has 0 spiro atoms. The van der Waals surface area contributed by atoms with Crippen molar-refractivity contribution in [3.63, 3.8) is 0 Å². The van der Waals surface area contributed by atoms with Crippen molar-refractivity contribution in [2.75, 3.05) is 27.3 Å². The highest BCUT2D eigenvalue weighted by molar-refractivity contribution is 7.13. The lowest BCUT2D eigenvalue weighted by molar-refractivity contribution is 0.0783. The third-order valence-corrected chi connectivity index (χ3v) is 4.95. The minimum Gasteiger partial charge on any atom is -0.497 e. The molecule has 0 radical (unpaired) electrons. The smallest absolute Gasteiger partial charge is 0.273 e. The third-order valence-electron chi connectivity index (χ3n) is 4.06. The van der Waals surface area contributed by atoms with Crippen LogP contribution in [-0.2, 0) is 0 Å². The molecule has 0 aliphatic carbocycles. The zero-order valence-electron chi connectivity index (χ0n) is 15.4. The summed E-state index contributed by atoms with van der Waals surface area (Å²) in [5, 5.41) is 2.63. The summed E-state index contributed by atoms with van der Waals surface area (Å²) in [5.74, 6) is 1.56. The van der Waals surface area contributed by atoms with Crippen LogP contribution in [0.15, 0.2) is 60.0 Å². The molecule has 0 aliphatic rings. The SMILES string of the molecule is COc1ccc(-c2nc(C(=O)N(C)CCCOc3ccccc3)cs2)cc1. The number of benzene rings is 2. The van der Waals surface area contributed by atoms with Gasteiger partial charge in [0.2, 0.25) is 0 Å². The zero-order valence-corrected chi connectivity index (χ0v) is 16.2. The minimum absolute atomic E-state index is 0.0780. The van der Waals surface area contributed by atoms with E-state index in [0.29, 0.717) is 18.8 Å². The summed E-state index contributed by atoms with van der Waals surface area (Å²) in [5.41, 5.74) is 1.44. The number of para-hydroxylation sites is 1. The molecule has 0 saturated carbocycles. The summed E-state index contributed by atoms with van der Waals surface area (Å²) in [6, 6.07) is 17.3. The Morgan fingerprint density at radius 2 is 1.81 bits per heavy atom. The Kier molecular flexibility index (Phi) is 6.44. The summed E-state index contributed by atoms with van der Waals surface area (Å²) in [6.45, 7) is 1.18. The Bertz CT molecular complexity index is 863. The van der Waals surface area contributed by atoms with Gasteiger partial charge in [-0.3, -0.25) is 4.79 Å². The summed E-state index contributed by atoms with van der Waals surface area (Å²) in [6.07, 6.45) is 0.757. The Balaban J connectivity index is 1.51. The monoisotopic (exact) mass is 382 g/mol. The molecule has 6 heteroatoms. The van der Waals surface area contributed by atoms with Gasteiger partial charge in [-0.05, 0) is 42.8 Å². The Morgan fingerprint density at radius 1 is 1.07 bits per heavy atom. The standard InChI is InChI=1S/C21H22N2O3S/c1-23(13-6-14-26-18-7-4-3-5-8-18)21(24)19-15-27-20(22-19)16-9-11-17(25-2)12-10-16/h3-5,7-12,15H,6,13-14H2,1-2H3. The van der Waals surface area contributed by atoms with Crippen LogP contribution in [0.4, 0.5) is 0 Å². The number of rotatable bonds is 8. The maximum atomic E-state index is 12.6. The normalized spacial score (nSPS) is 10.4. The number of hydrogen-bond acceptors (Lipinski definition) is 5. The molecular formula is C21H22N2O3S. The van der Waals surface area contributed by atoms with Crippen molar-refractivity contribution in [2.45, 2.75) is 6.42 Å². The first-order valence-electron chi connectivity index (χ1n) is 8.70. The van der Waals surface area contributed by atoms with E-state index >= 15 is 0 Å². The van der Waals surface area contributed by atoms with Gasteiger partial charge in [0.05, 0.1) is 13.7 Å². The molecule has 0 unspecified atom stereocenters. The van der Waals surface area contributed by atoms with Crippen LogP contribution in [0.2, 0.25) is 0 Å². The van der Waals surface area contributed by atoms with Crippen LogP contribution in [0, 0.1) is 0 Å². The van der Waals surface area contributed by atoms with Gasteiger partial charge in [-0.1, -0.05) is 18.2 Å². The highest BCUT2D eigenvalue weighted by Gasteiger charge is 2.16. The van der Waals surface area contributed by atoms with Crippen LogP contribution in [-0.4, -0.2) is 43.1 Å². The second kappa shape index (κ2) is 9.19. The fraction of sp³-hybridized carbons (Fsp3) is 0.238. The summed E-state index contributed by atoms with van der Waals surface area (Å²) in [4.78, 5) is 18.7. The fourth-order valence-corrected chi connectivity index (χ4v) is 3.34. The van der Waals surface area contributed by atoms with E-state index < -0.39 is 0 Å². The van der Waals surface area contributed by atoms with E-state index in [0.717, 1.165) is 28.5 Å². The van der Waals surface area contributed by atoms with Gasteiger partial charge in [-0.25, -0.2) is 4.98 Å². The third kappa shape index (κ3) is 5.08. The number of ether oxygens (including phenoxy) is 2. The first-order chi connectivity index (χ1) is 13.2. The molecular weight excluding hydrogens is 360 g/mol. The minimum atomic E-state index is -0.0780. The molecule has 1 aromatic heterocycles. The highest BCUT2D eigenvalue weighted by Crippen LogP contribution is 2.26. The van der Waals surface area contributed by atoms with Gasteiger partial charge >= 0.3 is 0 Å². The number of methoxy groups -OCH3 is 1. The van der Waals surface area contributed by atoms with Crippen LogP contribution < -0.4 is 9.47 Å². The lowest BCUT2D eigenvalue weighted by atomic mass is 10.2. The Morgan fingerprint density at radius 3 is 2.52 bits per heavy atom. The van der Waals surface area contributed by atoms with Crippen LogP contribution in [0.5, 0.6) is 11.5 Å². The topological polar surface area (TPSA) is 51.7 Å². The first-order valence-corrected chi connectivity index (χ1v) is 9.58. The molecule has 0 saturated heterocycles. The molecule has 0 N–H and O–H groups in total. The molecule has 1 amide bonds. The number of amides is 1. The Hall–Kier alpha value is -2.86. The second-order valence-corrected chi connectivity index (χ2v) is 6.87. The van der Waals surface area contributed by atoms with E-state index in [1.54, 1.807) is 24.4 Å². The maximum Gasteiger partial charge on any atom is 0.273 e. The molecule has 3 aromatic rings. The number of carbonyl (C=O) groups is 1. The van der Waals surface area contributed by atoms with Gasteiger partial charge in [0.1, 0.15) is 22.2 Å². The van der Waals surface area contributed by atoms with Crippen LogP contribution in [0.25, 0.3) is 10.6 Å². The highest BCUT2D eigenvalue weighted by atomic mass is 32.1. The average molecular weight is 382 g/mol. The molecule has 5 nitrogen and oxygen atoms in total. The van der Waals surface area contributed by atoms with Crippen molar-refractivity contribution in [1.29, 1.82) is 0 Å². The predicted molar refractivity (Wildman–Crippen MR) is 108 cm³/mol. The molecule has 3 rings (SSSR count). The second-order valence-electron chi connectivity index (χ2n) is 6.01. The van der Waals surface area contributed by atoms with Gasteiger partial charge in [-0.15, -0.1) is 11.3 Å². The molecule has 0 bridgehead atoms. The molecule has 0 atom stereocenters. The van der Waals surface area contributed by atoms with Crippen molar-refractivity contribution in [3.05, 3.63) is 65.7 Å². The number of hydrogen-bond donors (Lipinski definition) is 0. The average Bonchev–Trinajstić information content (AvgIpc) is 3.21. The molecule has 0 fully saturated rings. The van der Waals surface area contributed by atoms with E-state index in [9.17, 15) is 4.79 Å². The summed E-state index contributed by atoms with van der Waals surface area (Å²) >= 11 is 1.46. The summed E-state index contributed by atoms with van der Waals surface area (Å²) in [7, 11) is 3.42. The fourth-order valence-electron chi connectivity index (χ4n) is 2.54. The van der Waals surface area contributed by atoms with Crippen molar-refractivity contribution < 1.29 is 14.3 Å². The van der Waals surface area contributed by atoms with Crippen LogP contribution >= 0.6 is 11.3 Å². The number of nitrogens with zero attached hydrogens (tertiary/aromatic N) is 2. The van der Waals surface area contributed by atoms with Crippen molar-refractivity contribution >= 4 is 17.2 Å². The largest absolute Gasteiger partial charge is 0.497 e. The van der Waals surface area contributed by atoms with E-state index in [2.05, 4.69) is 4.98 Å². The molecule has 27 heavy (non-hydrogen) atoms. The molecule has 1 heterocycles. The quantitative estimate of drug-likeness (QED) is 0.543. The van der Waals surface area contributed by atoms with Gasteiger partial charge in [-0.2, -0.15) is 0 Å². The van der Waals surface area contributed by atoms with Gasteiger partial charge < -0.3 is 14.4 Å². The van der Waals surface area contributed by atoms with E-state index in [1.807, 2.05) is 54.6 Å². The van der Waals surface area contributed by atoms with Crippen molar-refractivity contribution in [3.8, 4) is 22.1 Å². The van der Waals surface area contributed by atoms with Crippen molar-refractivity contribution in [1.82, 2.24) is 9.88 Å². The predicted octanol–water partition coefficient (Wildman–Crippen LogP) is 4.36. The van der Waals surface area contributed by atoms with E-state index in [-0.39, 0.29) is 5.91 Å².